The monoisotopic (exact) mass is 277 g/mol. The van der Waals surface area contributed by atoms with Crippen molar-refractivity contribution in [2.45, 2.75) is 63.3 Å². The Balaban J connectivity index is 1.68. The number of halogens is 1. The molecule has 0 bridgehead atoms. The standard InChI is InChI=1S/C17H24FNO/c1-17(18,12-14-6-2-3-10-19-14)13-5-4-7-16(11-13)20-15-8-9-15/h4-5,7,11,14-15,19H,2-3,6,8-10,12H2,1H3. The van der Waals surface area contributed by atoms with E-state index in [4.69, 9.17) is 4.74 Å². The number of hydrogen-bond acceptors (Lipinski definition) is 2. The van der Waals surface area contributed by atoms with E-state index < -0.39 is 5.67 Å². The van der Waals surface area contributed by atoms with E-state index in [-0.39, 0.29) is 0 Å². The maximum Gasteiger partial charge on any atom is 0.134 e. The summed E-state index contributed by atoms with van der Waals surface area (Å²) in [6.45, 7) is 2.71. The quantitative estimate of drug-likeness (QED) is 0.880. The Bertz CT molecular complexity index is 450. The van der Waals surface area contributed by atoms with Gasteiger partial charge in [-0.05, 0) is 56.8 Å². The molecule has 1 N–H and O–H groups in total. The summed E-state index contributed by atoms with van der Waals surface area (Å²) in [6.07, 6.45) is 6.66. The number of rotatable bonds is 5. The van der Waals surface area contributed by atoms with E-state index in [1.807, 2.05) is 24.3 Å². The zero-order valence-corrected chi connectivity index (χ0v) is 12.2. The number of alkyl halides is 1. The van der Waals surface area contributed by atoms with Gasteiger partial charge >= 0.3 is 0 Å². The van der Waals surface area contributed by atoms with Gasteiger partial charge < -0.3 is 10.1 Å². The second kappa shape index (κ2) is 5.72. The molecule has 0 radical (unpaired) electrons. The van der Waals surface area contributed by atoms with Crippen LogP contribution in [0, 0.1) is 0 Å². The van der Waals surface area contributed by atoms with E-state index in [0.717, 1.165) is 37.1 Å². The minimum atomic E-state index is -1.29. The highest BCUT2D eigenvalue weighted by atomic mass is 19.1. The van der Waals surface area contributed by atoms with Gasteiger partial charge in [-0.2, -0.15) is 0 Å². The van der Waals surface area contributed by atoms with Gasteiger partial charge in [-0.25, -0.2) is 4.39 Å². The first-order valence-electron chi connectivity index (χ1n) is 7.83. The number of nitrogens with one attached hydrogen (secondary N) is 1. The van der Waals surface area contributed by atoms with Gasteiger partial charge in [0.05, 0.1) is 6.10 Å². The fourth-order valence-corrected chi connectivity index (χ4v) is 2.95. The van der Waals surface area contributed by atoms with E-state index in [1.54, 1.807) is 6.92 Å². The molecule has 1 aliphatic carbocycles. The average molecular weight is 277 g/mol. The second-order valence-electron chi connectivity index (χ2n) is 6.39. The maximum atomic E-state index is 15.0. The highest BCUT2D eigenvalue weighted by Crippen LogP contribution is 2.35. The summed E-state index contributed by atoms with van der Waals surface area (Å²) < 4.78 is 20.8. The fraction of sp³-hybridized carbons (Fsp3) is 0.647. The lowest BCUT2D eigenvalue weighted by Crippen LogP contribution is -2.38. The molecule has 2 nitrogen and oxygen atoms in total. The van der Waals surface area contributed by atoms with Crippen molar-refractivity contribution >= 4 is 0 Å². The van der Waals surface area contributed by atoms with E-state index in [9.17, 15) is 0 Å². The summed E-state index contributed by atoms with van der Waals surface area (Å²) in [7, 11) is 0. The molecule has 1 heterocycles. The van der Waals surface area contributed by atoms with Gasteiger partial charge in [0.1, 0.15) is 11.4 Å². The third kappa shape index (κ3) is 3.51. The molecule has 2 aliphatic rings. The van der Waals surface area contributed by atoms with Crippen LogP contribution in [0.3, 0.4) is 0 Å². The Labute approximate surface area is 120 Å². The van der Waals surface area contributed by atoms with Crippen LogP contribution < -0.4 is 10.1 Å². The molecule has 20 heavy (non-hydrogen) atoms. The van der Waals surface area contributed by atoms with Gasteiger partial charge in [0.25, 0.3) is 0 Å². The molecule has 0 aromatic heterocycles. The number of hydrogen-bond donors (Lipinski definition) is 1. The third-order valence-electron chi connectivity index (χ3n) is 4.31. The van der Waals surface area contributed by atoms with Gasteiger partial charge in [-0.15, -0.1) is 0 Å². The average Bonchev–Trinajstić information content (AvgIpc) is 3.24. The molecular formula is C17H24FNO. The molecule has 110 valence electrons. The van der Waals surface area contributed by atoms with Gasteiger partial charge in [0.2, 0.25) is 0 Å². The summed E-state index contributed by atoms with van der Waals surface area (Å²) >= 11 is 0. The van der Waals surface area contributed by atoms with Crippen LogP contribution in [-0.4, -0.2) is 18.7 Å². The van der Waals surface area contributed by atoms with Crippen molar-refractivity contribution < 1.29 is 9.13 Å². The van der Waals surface area contributed by atoms with Crippen molar-refractivity contribution in [1.29, 1.82) is 0 Å². The SMILES string of the molecule is CC(F)(CC1CCCCN1)c1cccc(OC2CC2)c1. The molecule has 2 fully saturated rings. The van der Waals surface area contributed by atoms with Crippen LogP contribution in [0.25, 0.3) is 0 Å². The van der Waals surface area contributed by atoms with Crippen LogP contribution in [-0.2, 0) is 5.67 Å². The highest BCUT2D eigenvalue weighted by Gasteiger charge is 2.31. The molecule has 2 unspecified atom stereocenters. The summed E-state index contributed by atoms with van der Waals surface area (Å²) in [5.74, 6) is 0.811. The van der Waals surface area contributed by atoms with Crippen molar-refractivity contribution in [2.24, 2.45) is 0 Å². The molecule has 1 aromatic carbocycles. The maximum absolute atomic E-state index is 15.0. The first-order valence-corrected chi connectivity index (χ1v) is 7.83. The molecule has 1 aliphatic heterocycles. The lowest BCUT2D eigenvalue weighted by atomic mass is 9.87. The zero-order chi connectivity index (χ0) is 14.0. The van der Waals surface area contributed by atoms with Crippen molar-refractivity contribution in [1.82, 2.24) is 5.32 Å². The predicted molar refractivity (Wildman–Crippen MR) is 78.8 cm³/mol. The lowest BCUT2D eigenvalue weighted by molar-refractivity contribution is 0.145. The highest BCUT2D eigenvalue weighted by molar-refractivity contribution is 5.32. The van der Waals surface area contributed by atoms with E-state index >= 15 is 4.39 Å². The fourth-order valence-electron chi connectivity index (χ4n) is 2.95. The Morgan fingerprint density at radius 2 is 2.15 bits per heavy atom. The summed E-state index contributed by atoms with van der Waals surface area (Å²) in [5, 5.41) is 3.43. The Hall–Kier alpha value is -1.09. The van der Waals surface area contributed by atoms with Crippen LogP contribution in [0.4, 0.5) is 4.39 Å². The Morgan fingerprint density at radius 1 is 1.30 bits per heavy atom. The molecule has 1 aromatic rings. The zero-order valence-electron chi connectivity index (χ0n) is 12.2. The summed E-state index contributed by atoms with van der Waals surface area (Å²) in [6, 6.07) is 7.88. The number of ether oxygens (including phenoxy) is 1. The summed E-state index contributed by atoms with van der Waals surface area (Å²) in [4.78, 5) is 0. The van der Waals surface area contributed by atoms with Crippen LogP contribution in [0.2, 0.25) is 0 Å². The smallest absolute Gasteiger partial charge is 0.134 e. The first-order chi connectivity index (χ1) is 9.63. The molecule has 1 saturated heterocycles. The van der Waals surface area contributed by atoms with E-state index in [0.29, 0.717) is 18.6 Å². The molecule has 2 atom stereocenters. The van der Waals surface area contributed by atoms with Crippen molar-refractivity contribution in [2.75, 3.05) is 6.54 Å². The molecule has 1 saturated carbocycles. The topological polar surface area (TPSA) is 21.3 Å². The molecule has 3 heteroatoms. The molecular weight excluding hydrogens is 253 g/mol. The normalized spacial score (nSPS) is 26.0. The summed E-state index contributed by atoms with van der Waals surface area (Å²) in [5.41, 5.74) is -0.555. The van der Waals surface area contributed by atoms with Crippen molar-refractivity contribution in [3.8, 4) is 5.75 Å². The minimum Gasteiger partial charge on any atom is -0.490 e. The van der Waals surface area contributed by atoms with Gasteiger partial charge in [-0.3, -0.25) is 0 Å². The van der Waals surface area contributed by atoms with E-state index in [1.165, 1.54) is 12.8 Å². The van der Waals surface area contributed by atoms with Crippen molar-refractivity contribution in [3.63, 3.8) is 0 Å². The molecule has 0 amide bonds. The van der Waals surface area contributed by atoms with Crippen LogP contribution in [0.5, 0.6) is 5.75 Å². The predicted octanol–water partition coefficient (Wildman–Crippen LogP) is 3.94. The number of piperidine rings is 1. The van der Waals surface area contributed by atoms with Gasteiger partial charge in [0.15, 0.2) is 0 Å². The van der Waals surface area contributed by atoms with Gasteiger partial charge in [0, 0.05) is 12.5 Å². The van der Waals surface area contributed by atoms with Gasteiger partial charge in [-0.1, -0.05) is 18.6 Å². The van der Waals surface area contributed by atoms with Crippen molar-refractivity contribution in [3.05, 3.63) is 29.8 Å². The first kappa shape index (κ1) is 13.9. The third-order valence-corrected chi connectivity index (χ3v) is 4.31. The molecule has 3 rings (SSSR count). The van der Waals surface area contributed by atoms with Crippen LogP contribution in [0.1, 0.15) is 51.0 Å². The number of benzene rings is 1. The largest absolute Gasteiger partial charge is 0.490 e. The Morgan fingerprint density at radius 3 is 2.85 bits per heavy atom. The second-order valence-corrected chi connectivity index (χ2v) is 6.39. The van der Waals surface area contributed by atoms with Crippen LogP contribution in [0.15, 0.2) is 24.3 Å². The lowest BCUT2D eigenvalue weighted by Gasteiger charge is -2.30. The van der Waals surface area contributed by atoms with Crippen LogP contribution >= 0.6 is 0 Å². The Kier molecular flexibility index (Phi) is 3.97. The molecule has 0 spiro atoms. The van der Waals surface area contributed by atoms with E-state index in [2.05, 4.69) is 5.32 Å². The minimum absolute atomic E-state index is 0.298.